The van der Waals surface area contributed by atoms with Gasteiger partial charge in [0.15, 0.2) is 6.29 Å². The Bertz CT molecular complexity index is 471. The van der Waals surface area contributed by atoms with Crippen LogP contribution in [0.25, 0.3) is 0 Å². The first-order chi connectivity index (χ1) is 9.72. The van der Waals surface area contributed by atoms with E-state index in [1.54, 1.807) is 0 Å². The molecule has 2 heterocycles. The highest BCUT2D eigenvalue weighted by atomic mass is 16.7. The van der Waals surface area contributed by atoms with E-state index >= 15 is 0 Å². The number of carbonyl (C=O) groups excluding carboxylic acids is 1. The van der Waals surface area contributed by atoms with E-state index in [-0.39, 0.29) is 18.2 Å². The molecular formula is C14H18N2O4. The average molecular weight is 278 g/mol. The second kappa shape index (κ2) is 5.88. The van der Waals surface area contributed by atoms with Gasteiger partial charge < -0.3 is 25.2 Å². The number of rotatable bonds is 3. The number of aliphatic hydroxyl groups is 1. The Kier molecular flexibility index (Phi) is 3.98. The third-order valence-electron chi connectivity index (χ3n) is 3.50. The van der Waals surface area contributed by atoms with Gasteiger partial charge >= 0.3 is 0 Å². The first-order valence-electron chi connectivity index (χ1n) is 6.78. The van der Waals surface area contributed by atoms with E-state index in [2.05, 4.69) is 10.6 Å². The summed E-state index contributed by atoms with van der Waals surface area (Å²) in [5.41, 5.74) is 1.66. The molecule has 6 nitrogen and oxygen atoms in total. The molecule has 0 radical (unpaired) electrons. The molecule has 2 atom stereocenters. The molecule has 1 amide bonds. The minimum Gasteiger partial charge on any atom is -0.392 e. The Morgan fingerprint density at radius 3 is 2.55 bits per heavy atom. The van der Waals surface area contributed by atoms with Crippen LogP contribution in [0.5, 0.6) is 0 Å². The maximum atomic E-state index is 12.0. The third-order valence-corrected chi connectivity index (χ3v) is 3.50. The van der Waals surface area contributed by atoms with Gasteiger partial charge in [0, 0.05) is 17.8 Å². The van der Waals surface area contributed by atoms with Crippen molar-refractivity contribution in [2.45, 2.75) is 24.9 Å². The van der Waals surface area contributed by atoms with E-state index in [0.717, 1.165) is 11.3 Å². The topological polar surface area (TPSA) is 79.8 Å². The summed E-state index contributed by atoms with van der Waals surface area (Å²) >= 11 is 0. The van der Waals surface area contributed by atoms with Crippen LogP contribution in [-0.4, -0.2) is 42.9 Å². The summed E-state index contributed by atoms with van der Waals surface area (Å²) in [7, 11) is 0. The third kappa shape index (κ3) is 2.99. The van der Waals surface area contributed by atoms with E-state index in [4.69, 9.17) is 9.47 Å². The molecule has 0 aliphatic carbocycles. The second-order valence-electron chi connectivity index (χ2n) is 5.04. The lowest BCUT2D eigenvalue weighted by Gasteiger charge is -2.13. The van der Waals surface area contributed by atoms with Crippen LogP contribution in [0.2, 0.25) is 0 Å². The summed E-state index contributed by atoms with van der Waals surface area (Å²) in [5, 5.41) is 15.2. The van der Waals surface area contributed by atoms with Gasteiger partial charge in [-0.05, 0) is 18.6 Å². The molecule has 0 aromatic heterocycles. The molecular weight excluding hydrogens is 260 g/mol. The van der Waals surface area contributed by atoms with Gasteiger partial charge in [-0.2, -0.15) is 0 Å². The number of hydrogen-bond acceptors (Lipinski definition) is 5. The first-order valence-corrected chi connectivity index (χ1v) is 6.78. The maximum absolute atomic E-state index is 12.0. The summed E-state index contributed by atoms with van der Waals surface area (Å²) < 4.78 is 10.8. The van der Waals surface area contributed by atoms with E-state index in [1.165, 1.54) is 0 Å². The van der Waals surface area contributed by atoms with Crippen molar-refractivity contribution in [1.82, 2.24) is 5.32 Å². The van der Waals surface area contributed by atoms with Crippen molar-refractivity contribution in [3.8, 4) is 0 Å². The van der Waals surface area contributed by atoms with E-state index in [1.807, 2.05) is 24.3 Å². The number of carbonyl (C=O) groups is 1. The van der Waals surface area contributed by atoms with Crippen molar-refractivity contribution in [1.29, 1.82) is 0 Å². The SMILES string of the molecule is O=C(Nc1ccc(C2OCCO2)cc1)C1CC(O)CN1. The van der Waals surface area contributed by atoms with Gasteiger partial charge in [-0.3, -0.25) is 4.79 Å². The van der Waals surface area contributed by atoms with Crippen LogP contribution in [0, 0.1) is 0 Å². The Morgan fingerprint density at radius 2 is 1.95 bits per heavy atom. The molecule has 2 unspecified atom stereocenters. The van der Waals surface area contributed by atoms with E-state index in [0.29, 0.717) is 26.2 Å². The Labute approximate surface area is 117 Å². The molecule has 6 heteroatoms. The van der Waals surface area contributed by atoms with Gasteiger partial charge in [-0.15, -0.1) is 0 Å². The molecule has 0 saturated carbocycles. The highest BCUT2D eigenvalue weighted by molar-refractivity contribution is 5.95. The van der Waals surface area contributed by atoms with Crippen molar-refractivity contribution in [2.24, 2.45) is 0 Å². The zero-order valence-electron chi connectivity index (χ0n) is 11.0. The van der Waals surface area contributed by atoms with Gasteiger partial charge in [-0.25, -0.2) is 0 Å². The molecule has 2 aliphatic heterocycles. The fourth-order valence-electron chi connectivity index (χ4n) is 2.42. The molecule has 2 saturated heterocycles. The quantitative estimate of drug-likeness (QED) is 0.745. The monoisotopic (exact) mass is 278 g/mol. The van der Waals surface area contributed by atoms with Crippen molar-refractivity contribution < 1.29 is 19.4 Å². The number of ether oxygens (including phenoxy) is 2. The fourth-order valence-corrected chi connectivity index (χ4v) is 2.42. The fraction of sp³-hybridized carbons (Fsp3) is 0.500. The number of nitrogens with one attached hydrogen (secondary N) is 2. The summed E-state index contributed by atoms with van der Waals surface area (Å²) in [5.74, 6) is -0.123. The average Bonchev–Trinajstić information content (AvgIpc) is 3.10. The summed E-state index contributed by atoms with van der Waals surface area (Å²) in [6.45, 7) is 1.69. The van der Waals surface area contributed by atoms with E-state index in [9.17, 15) is 9.90 Å². The van der Waals surface area contributed by atoms with Crippen molar-refractivity contribution in [2.75, 3.05) is 25.1 Å². The molecule has 0 spiro atoms. The number of β-amino-alcohol motifs (C(OH)–C–C–N with tert-alkyl or cyclic N) is 1. The van der Waals surface area contributed by atoms with Crippen LogP contribution in [0.1, 0.15) is 18.3 Å². The van der Waals surface area contributed by atoms with Crippen LogP contribution in [0.4, 0.5) is 5.69 Å². The smallest absolute Gasteiger partial charge is 0.241 e. The lowest BCUT2D eigenvalue weighted by molar-refractivity contribution is -0.117. The number of aliphatic hydroxyl groups excluding tert-OH is 1. The van der Waals surface area contributed by atoms with Crippen LogP contribution >= 0.6 is 0 Å². The minimum absolute atomic E-state index is 0.123. The molecule has 3 rings (SSSR count). The Hall–Kier alpha value is -1.47. The van der Waals surface area contributed by atoms with Gasteiger partial charge in [0.25, 0.3) is 0 Å². The molecule has 2 fully saturated rings. The minimum atomic E-state index is -0.440. The van der Waals surface area contributed by atoms with Crippen molar-refractivity contribution >= 4 is 11.6 Å². The number of hydrogen-bond donors (Lipinski definition) is 3. The zero-order chi connectivity index (χ0) is 13.9. The van der Waals surface area contributed by atoms with Gasteiger partial charge in [0.1, 0.15) is 0 Å². The van der Waals surface area contributed by atoms with Crippen LogP contribution < -0.4 is 10.6 Å². The first kappa shape index (κ1) is 13.5. The lowest BCUT2D eigenvalue weighted by atomic mass is 10.1. The number of benzene rings is 1. The predicted octanol–water partition coefficient (Wildman–Crippen LogP) is 0.393. The molecule has 0 bridgehead atoms. The maximum Gasteiger partial charge on any atom is 0.241 e. The lowest BCUT2D eigenvalue weighted by Crippen LogP contribution is -2.35. The van der Waals surface area contributed by atoms with Gasteiger partial charge in [0.2, 0.25) is 5.91 Å². The predicted molar refractivity (Wildman–Crippen MR) is 72.1 cm³/mol. The van der Waals surface area contributed by atoms with Gasteiger partial charge in [0.05, 0.1) is 25.4 Å². The van der Waals surface area contributed by atoms with Crippen molar-refractivity contribution in [3.05, 3.63) is 29.8 Å². The highest BCUT2D eigenvalue weighted by Gasteiger charge is 2.28. The molecule has 2 aliphatic rings. The van der Waals surface area contributed by atoms with Crippen molar-refractivity contribution in [3.63, 3.8) is 0 Å². The van der Waals surface area contributed by atoms with Crippen LogP contribution in [0.15, 0.2) is 24.3 Å². The second-order valence-corrected chi connectivity index (χ2v) is 5.04. The molecule has 1 aromatic rings. The standard InChI is InChI=1S/C14H18N2O4/c17-11-7-12(15-8-11)13(18)16-10-3-1-9(2-4-10)14-19-5-6-20-14/h1-4,11-12,14-15,17H,5-8H2,(H,16,18). The van der Waals surface area contributed by atoms with Crippen LogP contribution in [-0.2, 0) is 14.3 Å². The van der Waals surface area contributed by atoms with Crippen LogP contribution in [0.3, 0.4) is 0 Å². The molecule has 1 aromatic carbocycles. The summed E-state index contributed by atoms with van der Waals surface area (Å²) in [4.78, 5) is 12.0. The number of anilines is 1. The molecule has 3 N–H and O–H groups in total. The van der Waals surface area contributed by atoms with E-state index < -0.39 is 6.10 Å². The van der Waals surface area contributed by atoms with Gasteiger partial charge in [-0.1, -0.05) is 12.1 Å². The summed E-state index contributed by atoms with van der Waals surface area (Å²) in [6.07, 6.45) is -0.288. The molecule has 20 heavy (non-hydrogen) atoms. The normalized spacial score (nSPS) is 26.9. The largest absolute Gasteiger partial charge is 0.392 e. The Morgan fingerprint density at radius 1 is 1.25 bits per heavy atom. The zero-order valence-corrected chi connectivity index (χ0v) is 11.0. The summed E-state index contributed by atoms with van der Waals surface area (Å²) in [6, 6.07) is 7.07. The highest BCUT2D eigenvalue weighted by Crippen LogP contribution is 2.24. The Balaban J connectivity index is 1.58. The number of amides is 1. The molecule has 108 valence electrons.